The highest BCUT2D eigenvalue weighted by molar-refractivity contribution is 5.72. The quantitative estimate of drug-likeness (QED) is 0.642. The first-order chi connectivity index (χ1) is 6.81. The van der Waals surface area contributed by atoms with E-state index in [0.717, 1.165) is 31.8 Å². The first-order valence-electron chi connectivity index (χ1n) is 5.60. The molecule has 3 unspecified atom stereocenters. The average molecular weight is 197 g/mol. The zero-order chi connectivity index (χ0) is 9.97. The van der Waals surface area contributed by atoms with Crippen molar-refractivity contribution in [2.45, 2.75) is 25.7 Å². The zero-order valence-electron chi connectivity index (χ0n) is 8.79. The predicted molar refractivity (Wildman–Crippen MR) is 53.8 cm³/mol. The number of hydrogen-bond donors (Lipinski definition) is 1. The molecule has 1 aliphatic carbocycles. The van der Waals surface area contributed by atoms with Crippen molar-refractivity contribution in [3.63, 3.8) is 0 Å². The Labute approximate surface area is 85.2 Å². The zero-order valence-corrected chi connectivity index (χ0v) is 8.79. The second-order valence-corrected chi connectivity index (χ2v) is 4.55. The van der Waals surface area contributed by atoms with Gasteiger partial charge in [0.25, 0.3) is 0 Å². The number of rotatable bonds is 1. The highest BCUT2D eigenvalue weighted by Crippen LogP contribution is 2.37. The van der Waals surface area contributed by atoms with Crippen LogP contribution < -0.4 is 5.32 Å². The van der Waals surface area contributed by atoms with Crippen LogP contribution in [0.2, 0.25) is 0 Å². The lowest BCUT2D eigenvalue weighted by Crippen LogP contribution is -2.41. The minimum Gasteiger partial charge on any atom is -0.469 e. The number of carbonyl (C=O) groups excluding carboxylic acids is 1. The van der Waals surface area contributed by atoms with Crippen LogP contribution in [0.3, 0.4) is 0 Å². The van der Waals surface area contributed by atoms with Gasteiger partial charge in [-0.05, 0) is 50.6 Å². The average Bonchev–Trinajstić information content (AvgIpc) is 2.27. The SMILES string of the molecule is COC(=O)C1CCC2CCNCC2C1. The van der Waals surface area contributed by atoms with Crippen LogP contribution in [0.15, 0.2) is 0 Å². The molecule has 0 aromatic rings. The van der Waals surface area contributed by atoms with Crippen molar-refractivity contribution in [1.29, 1.82) is 0 Å². The normalized spacial score (nSPS) is 37.4. The summed E-state index contributed by atoms with van der Waals surface area (Å²) in [6.07, 6.45) is 4.57. The molecule has 3 nitrogen and oxygen atoms in total. The Morgan fingerprint density at radius 1 is 1.29 bits per heavy atom. The molecule has 0 aromatic heterocycles. The number of carbonyl (C=O) groups is 1. The fourth-order valence-electron chi connectivity index (χ4n) is 2.91. The van der Waals surface area contributed by atoms with E-state index in [2.05, 4.69) is 5.32 Å². The summed E-state index contributed by atoms with van der Waals surface area (Å²) < 4.78 is 4.81. The maximum Gasteiger partial charge on any atom is 0.308 e. The van der Waals surface area contributed by atoms with Gasteiger partial charge < -0.3 is 10.1 Å². The molecule has 0 bridgehead atoms. The molecule has 2 aliphatic rings. The van der Waals surface area contributed by atoms with Crippen LogP contribution in [0, 0.1) is 17.8 Å². The summed E-state index contributed by atoms with van der Waals surface area (Å²) >= 11 is 0. The maximum absolute atomic E-state index is 11.4. The molecule has 1 heterocycles. The molecule has 2 rings (SSSR count). The van der Waals surface area contributed by atoms with Gasteiger partial charge in [-0.1, -0.05) is 0 Å². The molecule has 1 saturated heterocycles. The molecule has 0 amide bonds. The number of esters is 1. The molecular weight excluding hydrogens is 178 g/mol. The van der Waals surface area contributed by atoms with Gasteiger partial charge in [-0.25, -0.2) is 0 Å². The van der Waals surface area contributed by atoms with Crippen LogP contribution in [0.5, 0.6) is 0 Å². The Morgan fingerprint density at radius 2 is 2.14 bits per heavy atom. The number of fused-ring (bicyclic) bond motifs is 1. The summed E-state index contributed by atoms with van der Waals surface area (Å²) in [7, 11) is 1.49. The predicted octanol–water partition coefficient (Wildman–Crippen LogP) is 1.19. The fourth-order valence-corrected chi connectivity index (χ4v) is 2.91. The molecule has 0 aromatic carbocycles. The molecule has 1 N–H and O–H groups in total. The molecule has 1 aliphatic heterocycles. The monoisotopic (exact) mass is 197 g/mol. The van der Waals surface area contributed by atoms with Crippen molar-refractivity contribution in [3.05, 3.63) is 0 Å². The van der Waals surface area contributed by atoms with Crippen LogP contribution >= 0.6 is 0 Å². The van der Waals surface area contributed by atoms with Crippen LogP contribution in [-0.2, 0) is 9.53 Å². The lowest BCUT2D eigenvalue weighted by Gasteiger charge is -2.38. The second-order valence-electron chi connectivity index (χ2n) is 4.55. The van der Waals surface area contributed by atoms with E-state index in [0.29, 0.717) is 5.92 Å². The van der Waals surface area contributed by atoms with E-state index in [1.165, 1.54) is 20.0 Å². The molecule has 2 fully saturated rings. The summed E-state index contributed by atoms with van der Waals surface area (Å²) in [4.78, 5) is 11.4. The van der Waals surface area contributed by atoms with Gasteiger partial charge in [0.1, 0.15) is 0 Å². The highest BCUT2D eigenvalue weighted by atomic mass is 16.5. The van der Waals surface area contributed by atoms with Gasteiger partial charge in [0.05, 0.1) is 13.0 Å². The summed E-state index contributed by atoms with van der Waals surface area (Å²) in [5.41, 5.74) is 0. The van der Waals surface area contributed by atoms with Gasteiger partial charge in [-0.3, -0.25) is 4.79 Å². The molecule has 14 heavy (non-hydrogen) atoms. The summed E-state index contributed by atoms with van der Waals surface area (Å²) in [6.45, 7) is 2.25. The van der Waals surface area contributed by atoms with Gasteiger partial charge >= 0.3 is 5.97 Å². The van der Waals surface area contributed by atoms with E-state index in [1.807, 2.05) is 0 Å². The van der Waals surface area contributed by atoms with Crippen molar-refractivity contribution >= 4 is 5.97 Å². The molecule has 0 spiro atoms. The molecule has 3 heteroatoms. The van der Waals surface area contributed by atoms with E-state index in [9.17, 15) is 4.79 Å². The number of piperidine rings is 1. The molecular formula is C11H19NO2. The minimum atomic E-state index is -0.00553. The molecule has 3 atom stereocenters. The number of hydrogen-bond acceptors (Lipinski definition) is 3. The topological polar surface area (TPSA) is 38.3 Å². The first kappa shape index (κ1) is 9.97. The Bertz CT molecular complexity index is 217. The van der Waals surface area contributed by atoms with Gasteiger partial charge in [-0.2, -0.15) is 0 Å². The third-order valence-corrected chi connectivity index (χ3v) is 3.77. The van der Waals surface area contributed by atoms with Gasteiger partial charge in [0.15, 0.2) is 0 Å². The minimum absolute atomic E-state index is 0.00553. The summed E-state index contributed by atoms with van der Waals surface area (Å²) in [5, 5.41) is 3.41. The van der Waals surface area contributed by atoms with E-state index in [-0.39, 0.29) is 11.9 Å². The number of ether oxygens (including phenoxy) is 1. The lowest BCUT2D eigenvalue weighted by atomic mass is 9.71. The van der Waals surface area contributed by atoms with Crippen molar-refractivity contribution in [2.75, 3.05) is 20.2 Å². The first-order valence-corrected chi connectivity index (χ1v) is 5.60. The third-order valence-electron chi connectivity index (χ3n) is 3.77. The molecule has 0 radical (unpaired) electrons. The van der Waals surface area contributed by atoms with E-state index in [1.54, 1.807) is 0 Å². The fraction of sp³-hybridized carbons (Fsp3) is 0.909. The Kier molecular flexibility index (Phi) is 3.06. The highest BCUT2D eigenvalue weighted by Gasteiger charge is 2.35. The summed E-state index contributed by atoms with van der Waals surface area (Å²) in [6, 6.07) is 0. The van der Waals surface area contributed by atoms with Crippen LogP contribution in [0.4, 0.5) is 0 Å². The van der Waals surface area contributed by atoms with Crippen molar-refractivity contribution < 1.29 is 9.53 Å². The largest absolute Gasteiger partial charge is 0.469 e. The van der Waals surface area contributed by atoms with Crippen LogP contribution in [0.1, 0.15) is 25.7 Å². The summed E-state index contributed by atoms with van der Waals surface area (Å²) in [5.74, 6) is 1.73. The van der Waals surface area contributed by atoms with Crippen molar-refractivity contribution in [2.24, 2.45) is 17.8 Å². The Balaban J connectivity index is 1.92. The van der Waals surface area contributed by atoms with E-state index in [4.69, 9.17) is 4.74 Å². The van der Waals surface area contributed by atoms with Crippen molar-refractivity contribution in [1.82, 2.24) is 5.32 Å². The smallest absolute Gasteiger partial charge is 0.308 e. The molecule has 1 saturated carbocycles. The Morgan fingerprint density at radius 3 is 2.93 bits per heavy atom. The molecule has 80 valence electrons. The van der Waals surface area contributed by atoms with Crippen molar-refractivity contribution in [3.8, 4) is 0 Å². The lowest BCUT2D eigenvalue weighted by molar-refractivity contribution is -0.147. The van der Waals surface area contributed by atoms with Crippen LogP contribution in [0.25, 0.3) is 0 Å². The standard InChI is InChI=1S/C11H19NO2/c1-14-11(13)9-3-2-8-4-5-12-7-10(8)6-9/h8-10,12H,2-7H2,1H3. The van der Waals surface area contributed by atoms with E-state index >= 15 is 0 Å². The van der Waals surface area contributed by atoms with E-state index < -0.39 is 0 Å². The van der Waals surface area contributed by atoms with Gasteiger partial charge in [-0.15, -0.1) is 0 Å². The van der Waals surface area contributed by atoms with Gasteiger partial charge in [0, 0.05) is 0 Å². The number of methoxy groups -OCH3 is 1. The Hall–Kier alpha value is -0.570. The maximum atomic E-state index is 11.4. The second kappa shape index (κ2) is 4.30. The van der Waals surface area contributed by atoms with Gasteiger partial charge in [0.2, 0.25) is 0 Å². The van der Waals surface area contributed by atoms with Crippen LogP contribution in [-0.4, -0.2) is 26.2 Å². The third kappa shape index (κ3) is 1.92. The number of nitrogens with one attached hydrogen (secondary N) is 1.